The Morgan fingerprint density at radius 3 is 2.69 bits per heavy atom. The Morgan fingerprint density at radius 1 is 1.25 bits per heavy atom. The number of benzene rings is 1. The maximum absolute atomic E-state index is 14.1. The van der Waals surface area contributed by atoms with Crippen LogP contribution in [0.5, 0.6) is 0 Å². The molecule has 10 heteroatoms. The highest BCUT2D eigenvalue weighted by atomic mass is 32.1. The summed E-state index contributed by atoms with van der Waals surface area (Å²) < 4.78 is 32.2. The molecule has 2 aliphatic rings. The normalized spacial score (nSPS) is 18.9. The fourth-order valence-electron chi connectivity index (χ4n) is 3.82. The Hall–Kier alpha value is -2.62. The van der Waals surface area contributed by atoms with Crippen molar-refractivity contribution in [1.29, 1.82) is 0 Å². The predicted octanol–water partition coefficient (Wildman–Crippen LogP) is 2.22. The zero-order valence-electron chi connectivity index (χ0n) is 17.9. The Bertz CT molecular complexity index is 894. The molecule has 0 spiro atoms. The topological polar surface area (TPSA) is 87.7 Å². The molecule has 1 saturated carbocycles. The minimum Gasteiger partial charge on any atom is -0.468 e. The van der Waals surface area contributed by atoms with Crippen molar-refractivity contribution >= 4 is 35.0 Å². The van der Waals surface area contributed by atoms with Crippen molar-refractivity contribution in [2.75, 3.05) is 13.7 Å². The van der Waals surface area contributed by atoms with E-state index in [4.69, 9.17) is 12.2 Å². The van der Waals surface area contributed by atoms with E-state index in [9.17, 15) is 23.2 Å². The van der Waals surface area contributed by atoms with Gasteiger partial charge in [-0.2, -0.15) is 0 Å². The molecule has 3 rings (SSSR count). The lowest BCUT2D eigenvalue weighted by atomic mass is 10.1. The molecule has 32 heavy (non-hydrogen) atoms. The second kappa shape index (κ2) is 10.8. The molecule has 1 heterocycles. The lowest BCUT2D eigenvalue weighted by Crippen LogP contribution is -2.49. The molecule has 0 bridgehead atoms. The van der Waals surface area contributed by atoms with Gasteiger partial charge >= 0.3 is 5.97 Å². The number of carbonyl (C=O) groups is 3. The van der Waals surface area contributed by atoms with Gasteiger partial charge in [-0.1, -0.05) is 37.2 Å². The number of nitrogens with one attached hydrogen (secondary N) is 2. The average molecular weight is 468 g/mol. The van der Waals surface area contributed by atoms with Crippen LogP contribution in [0.25, 0.3) is 0 Å². The number of esters is 1. The van der Waals surface area contributed by atoms with E-state index in [-0.39, 0.29) is 37.0 Å². The van der Waals surface area contributed by atoms with E-state index in [0.717, 1.165) is 18.9 Å². The largest absolute Gasteiger partial charge is 0.468 e. The van der Waals surface area contributed by atoms with Gasteiger partial charge in [0.25, 0.3) is 0 Å². The summed E-state index contributed by atoms with van der Waals surface area (Å²) in [5.41, 5.74) is 0.174. The maximum atomic E-state index is 14.1. The highest BCUT2D eigenvalue weighted by Gasteiger charge is 2.34. The van der Waals surface area contributed by atoms with Gasteiger partial charge in [-0.25, -0.2) is 8.78 Å². The fraction of sp³-hybridized carbons (Fsp3) is 0.545. The number of ether oxygens (including phenoxy) is 1. The quantitative estimate of drug-likeness (QED) is 0.405. The van der Waals surface area contributed by atoms with Crippen molar-refractivity contribution in [3.8, 4) is 0 Å². The number of hydrogen-bond acceptors (Lipinski definition) is 5. The van der Waals surface area contributed by atoms with Gasteiger partial charge in [-0.05, 0) is 31.2 Å². The van der Waals surface area contributed by atoms with Gasteiger partial charge < -0.3 is 20.3 Å². The molecule has 1 aromatic carbocycles. The van der Waals surface area contributed by atoms with Crippen molar-refractivity contribution in [2.24, 2.45) is 5.92 Å². The second-order valence-electron chi connectivity index (χ2n) is 8.22. The number of thiocarbonyl (C=S) groups is 1. The number of carbonyl (C=O) groups excluding carboxylic acids is 3. The van der Waals surface area contributed by atoms with E-state index >= 15 is 0 Å². The third-order valence-electron chi connectivity index (χ3n) is 5.80. The molecule has 174 valence electrons. The van der Waals surface area contributed by atoms with Gasteiger partial charge in [-0.15, -0.1) is 0 Å². The van der Waals surface area contributed by atoms with Crippen LogP contribution in [-0.2, 0) is 25.7 Å². The molecule has 1 aromatic rings. The third kappa shape index (κ3) is 6.44. The SMILES string of the molecule is COC(=O)CNC(=O)[C@H](CC1CC1)NC(=O)C[C@@H]1CCC(=S)N1Cc1cccc(F)c1F. The van der Waals surface area contributed by atoms with Crippen molar-refractivity contribution in [2.45, 2.75) is 57.2 Å². The van der Waals surface area contributed by atoms with Gasteiger partial charge in [-0.3, -0.25) is 14.4 Å². The van der Waals surface area contributed by atoms with Crippen LogP contribution in [0.4, 0.5) is 8.78 Å². The van der Waals surface area contributed by atoms with Gasteiger partial charge in [0.2, 0.25) is 11.8 Å². The standard InChI is InChI=1S/C22H27F2N3O4S/c1-31-20(29)11-25-22(30)17(9-13-5-6-13)26-18(28)10-15-7-8-19(32)27(15)12-14-3-2-4-16(23)21(14)24/h2-4,13,15,17H,5-12H2,1H3,(H,25,30)(H,26,28)/t15-,17-/m0/s1. The van der Waals surface area contributed by atoms with E-state index in [1.807, 2.05) is 0 Å². The third-order valence-corrected chi connectivity index (χ3v) is 6.24. The van der Waals surface area contributed by atoms with Crippen LogP contribution in [0, 0.1) is 17.6 Å². The average Bonchev–Trinajstić information content (AvgIpc) is 3.53. The van der Waals surface area contributed by atoms with Gasteiger partial charge in [0.15, 0.2) is 11.6 Å². The van der Waals surface area contributed by atoms with Gasteiger partial charge in [0.05, 0.1) is 12.1 Å². The van der Waals surface area contributed by atoms with Crippen LogP contribution in [0.15, 0.2) is 18.2 Å². The summed E-state index contributed by atoms with van der Waals surface area (Å²) in [6, 6.07) is 2.96. The van der Waals surface area contributed by atoms with Gasteiger partial charge in [0.1, 0.15) is 12.6 Å². The molecule has 2 atom stereocenters. The number of halogens is 2. The summed E-state index contributed by atoms with van der Waals surface area (Å²) in [4.78, 5) is 38.9. The Labute approximate surface area is 190 Å². The molecular formula is C22H27F2N3O4S. The van der Waals surface area contributed by atoms with Crippen molar-refractivity contribution in [1.82, 2.24) is 15.5 Å². The summed E-state index contributed by atoms with van der Waals surface area (Å²) in [7, 11) is 1.23. The van der Waals surface area contributed by atoms with E-state index < -0.39 is 29.6 Å². The van der Waals surface area contributed by atoms with Crippen molar-refractivity contribution < 1.29 is 27.9 Å². The van der Waals surface area contributed by atoms with Crippen LogP contribution in [0.3, 0.4) is 0 Å². The first-order valence-corrected chi connectivity index (χ1v) is 11.1. The molecule has 1 aliphatic heterocycles. The van der Waals surface area contributed by atoms with Gasteiger partial charge in [0, 0.05) is 24.6 Å². The summed E-state index contributed by atoms with van der Waals surface area (Å²) in [5, 5.41) is 5.26. The minimum atomic E-state index is -0.928. The summed E-state index contributed by atoms with van der Waals surface area (Å²) >= 11 is 5.38. The highest BCUT2D eigenvalue weighted by molar-refractivity contribution is 7.80. The van der Waals surface area contributed by atoms with Crippen LogP contribution >= 0.6 is 12.2 Å². The number of rotatable bonds is 10. The monoisotopic (exact) mass is 467 g/mol. The van der Waals surface area contributed by atoms with E-state index in [0.29, 0.717) is 30.2 Å². The zero-order valence-corrected chi connectivity index (χ0v) is 18.7. The Balaban J connectivity index is 1.60. The Morgan fingerprint density at radius 2 is 2.00 bits per heavy atom. The van der Waals surface area contributed by atoms with Crippen molar-refractivity contribution in [3.05, 3.63) is 35.4 Å². The number of hydrogen-bond donors (Lipinski definition) is 2. The first-order chi connectivity index (χ1) is 15.3. The van der Waals surface area contributed by atoms with Crippen LogP contribution < -0.4 is 10.6 Å². The molecule has 2 N–H and O–H groups in total. The number of amides is 2. The van der Waals surface area contributed by atoms with Crippen LogP contribution in [-0.4, -0.2) is 53.4 Å². The Kier molecular flexibility index (Phi) is 8.11. The smallest absolute Gasteiger partial charge is 0.325 e. The number of likely N-dealkylation sites (tertiary alicyclic amines) is 1. The predicted molar refractivity (Wildman–Crippen MR) is 116 cm³/mol. The summed E-state index contributed by atoms with van der Waals surface area (Å²) in [6.45, 7) is -0.193. The number of nitrogens with zero attached hydrogens (tertiary/aromatic N) is 1. The van der Waals surface area contributed by atoms with Crippen molar-refractivity contribution in [3.63, 3.8) is 0 Å². The highest BCUT2D eigenvalue weighted by Crippen LogP contribution is 2.33. The minimum absolute atomic E-state index is 0.0719. The first kappa shape index (κ1) is 24.0. The van der Waals surface area contributed by atoms with E-state index in [1.165, 1.54) is 19.2 Å². The lowest BCUT2D eigenvalue weighted by molar-refractivity contribution is -0.141. The molecule has 1 saturated heterocycles. The first-order valence-electron chi connectivity index (χ1n) is 10.6. The molecule has 0 radical (unpaired) electrons. The maximum Gasteiger partial charge on any atom is 0.325 e. The number of methoxy groups -OCH3 is 1. The van der Waals surface area contributed by atoms with E-state index in [2.05, 4.69) is 15.4 Å². The molecular weight excluding hydrogens is 440 g/mol. The summed E-state index contributed by atoms with van der Waals surface area (Å²) in [6.07, 6.45) is 3.77. The summed E-state index contributed by atoms with van der Waals surface area (Å²) in [5.74, 6) is -2.82. The molecule has 1 aliphatic carbocycles. The van der Waals surface area contributed by atoms with Crippen LogP contribution in [0.1, 0.15) is 44.1 Å². The molecule has 2 fully saturated rings. The second-order valence-corrected chi connectivity index (χ2v) is 8.70. The molecule has 0 unspecified atom stereocenters. The molecule has 2 amide bonds. The lowest BCUT2D eigenvalue weighted by Gasteiger charge is -2.27. The van der Waals surface area contributed by atoms with Crippen LogP contribution in [0.2, 0.25) is 0 Å². The molecule has 0 aromatic heterocycles. The fourth-order valence-corrected chi connectivity index (χ4v) is 4.15. The molecule has 7 nitrogen and oxygen atoms in total. The van der Waals surface area contributed by atoms with E-state index in [1.54, 1.807) is 4.90 Å². The zero-order chi connectivity index (χ0) is 23.3.